The molecule has 0 aliphatic heterocycles. The summed E-state index contributed by atoms with van der Waals surface area (Å²) in [6.45, 7) is 3.60. The van der Waals surface area contributed by atoms with Gasteiger partial charge in [0.15, 0.2) is 0 Å². The van der Waals surface area contributed by atoms with Gasteiger partial charge in [-0.05, 0) is 18.4 Å². The van der Waals surface area contributed by atoms with Gasteiger partial charge in [-0.25, -0.2) is 4.39 Å². The van der Waals surface area contributed by atoms with Gasteiger partial charge in [0.05, 0.1) is 21.9 Å². The highest BCUT2D eigenvalue weighted by molar-refractivity contribution is 6.30. The van der Waals surface area contributed by atoms with Crippen molar-refractivity contribution in [3.63, 3.8) is 0 Å². The molecule has 0 spiro atoms. The van der Waals surface area contributed by atoms with Crippen LogP contribution in [-0.2, 0) is 4.79 Å². The van der Waals surface area contributed by atoms with Crippen molar-refractivity contribution in [3.05, 3.63) is 38.7 Å². The number of nitro benzene ring substituents is 1. The number of rotatable bonds is 5. The van der Waals surface area contributed by atoms with E-state index in [0.717, 1.165) is 6.07 Å². The van der Waals surface area contributed by atoms with Gasteiger partial charge < -0.3 is 5.11 Å². The third kappa shape index (κ3) is 3.64. The van der Waals surface area contributed by atoms with E-state index in [4.69, 9.17) is 11.6 Å². The Morgan fingerprint density at radius 3 is 2.53 bits per heavy atom. The maximum Gasteiger partial charge on any atom is 0.311 e. The topological polar surface area (TPSA) is 80.4 Å². The van der Waals surface area contributed by atoms with Gasteiger partial charge in [-0.2, -0.15) is 0 Å². The van der Waals surface area contributed by atoms with Gasteiger partial charge >= 0.3 is 5.97 Å². The number of benzene rings is 1. The van der Waals surface area contributed by atoms with Crippen LogP contribution in [-0.4, -0.2) is 16.0 Å². The van der Waals surface area contributed by atoms with Crippen LogP contribution in [0.1, 0.15) is 31.7 Å². The largest absolute Gasteiger partial charge is 0.481 e. The molecular formula is C12H13ClFNO4. The molecule has 0 saturated carbocycles. The summed E-state index contributed by atoms with van der Waals surface area (Å²) in [7, 11) is 0. The van der Waals surface area contributed by atoms with E-state index in [-0.39, 0.29) is 22.9 Å². The molecule has 0 aliphatic carbocycles. The quantitative estimate of drug-likeness (QED) is 0.663. The summed E-state index contributed by atoms with van der Waals surface area (Å²) in [5.41, 5.74) is -0.632. The van der Waals surface area contributed by atoms with Gasteiger partial charge in [0, 0.05) is 5.56 Å². The van der Waals surface area contributed by atoms with Crippen LogP contribution in [0.2, 0.25) is 5.02 Å². The van der Waals surface area contributed by atoms with Crippen molar-refractivity contribution in [2.75, 3.05) is 0 Å². The zero-order chi connectivity index (χ0) is 14.7. The summed E-state index contributed by atoms with van der Waals surface area (Å²) in [6.07, 6.45) is 0.206. The Morgan fingerprint density at radius 1 is 1.53 bits per heavy atom. The Balaban J connectivity index is 3.40. The van der Waals surface area contributed by atoms with Gasteiger partial charge in [-0.3, -0.25) is 14.9 Å². The monoisotopic (exact) mass is 289 g/mol. The standard InChI is InChI=1S/C12H13ClFNO4/c1-6(2)3-8(12(16)17)7-4-9(13)10(14)5-11(7)15(18)19/h4-6,8H,3H2,1-2H3,(H,16,17). The number of halogens is 2. The van der Waals surface area contributed by atoms with Crippen LogP contribution >= 0.6 is 11.6 Å². The Hall–Kier alpha value is -1.69. The van der Waals surface area contributed by atoms with E-state index in [2.05, 4.69) is 0 Å². The normalized spacial score (nSPS) is 12.5. The minimum atomic E-state index is -1.19. The van der Waals surface area contributed by atoms with Gasteiger partial charge in [-0.1, -0.05) is 25.4 Å². The van der Waals surface area contributed by atoms with E-state index in [1.54, 1.807) is 13.8 Å². The first-order valence-electron chi connectivity index (χ1n) is 5.60. The minimum absolute atomic E-state index is 0.0181. The van der Waals surface area contributed by atoms with Crippen molar-refractivity contribution in [3.8, 4) is 0 Å². The second-order valence-electron chi connectivity index (χ2n) is 4.60. The van der Waals surface area contributed by atoms with Crippen LogP contribution in [0.3, 0.4) is 0 Å². The van der Waals surface area contributed by atoms with Crippen molar-refractivity contribution in [1.82, 2.24) is 0 Å². The molecule has 0 bridgehead atoms. The number of carboxylic acid groups (broad SMARTS) is 1. The van der Waals surface area contributed by atoms with Crippen LogP contribution in [0.15, 0.2) is 12.1 Å². The van der Waals surface area contributed by atoms with Crippen LogP contribution in [0, 0.1) is 21.8 Å². The third-order valence-electron chi connectivity index (χ3n) is 2.65. The van der Waals surface area contributed by atoms with E-state index >= 15 is 0 Å². The van der Waals surface area contributed by atoms with Crippen molar-refractivity contribution < 1.29 is 19.2 Å². The maximum atomic E-state index is 13.3. The molecular weight excluding hydrogens is 277 g/mol. The van der Waals surface area contributed by atoms with Crippen LogP contribution in [0.5, 0.6) is 0 Å². The zero-order valence-corrected chi connectivity index (χ0v) is 11.1. The average Bonchev–Trinajstić information content (AvgIpc) is 2.28. The predicted octanol–water partition coefficient (Wildman–Crippen LogP) is 3.60. The first kappa shape index (κ1) is 15.4. The number of nitro groups is 1. The Kier molecular flexibility index (Phi) is 4.83. The molecule has 1 unspecified atom stereocenters. The molecule has 1 N–H and O–H groups in total. The Labute approximate surface area is 114 Å². The molecule has 104 valence electrons. The molecule has 0 fully saturated rings. The van der Waals surface area contributed by atoms with E-state index < -0.39 is 28.3 Å². The first-order chi connectivity index (χ1) is 8.73. The molecule has 7 heteroatoms. The van der Waals surface area contributed by atoms with E-state index in [1.807, 2.05) is 0 Å². The second kappa shape index (κ2) is 5.97. The van der Waals surface area contributed by atoms with Gasteiger partial charge in [0.2, 0.25) is 0 Å². The highest BCUT2D eigenvalue weighted by Crippen LogP contribution is 2.34. The average molecular weight is 290 g/mol. The number of nitrogens with zero attached hydrogens (tertiary/aromatic N) is 1. The van der Waals surface area contributed by atoms with Crippen molar-refractivity contribution in [2.45, 2.75) is 26.2 Å². The SMILES string of the molecule is CC(C)CC(C(=O)O)c1cc(Cl)c(F)cc1[N+](=O)[O-]. The van der Waals surface area contributed by atoms with Crippen LogP contribution < -0.4 is 0 Å². The Morgan fingerprint density at radius 2 is 2.11 bits per heavy atom. The smallest absolute Gasteiger partial charge is 0.311 e. The fraction of sp³-hybridized carbons (Fsp3) is 0.417. The summed E-state index contributed by atoms with van der Waals surface area (Å²) in [5.74, 6) is -3.20. The first-order valence-corrected chi connectivity index (χ1v) is 5.98. The molecule has 0 heterocycles. The van der Waals surface area contributed by atoms with Gasteiger partial charge in [0.1, 0.15) is 5.82 Å². The molecule has 0 aliphatic rings. The lowest BCUT2D eigenvalue weighted by Crippen LogP contribution is -2.16. The minimum Gasteiger partial charge on any atom is -0.481 e. The highest BCUT2D eigenvalue weighted by atomic mass is 35.5. The molecule has 0 saturated heterocycles. The molecule has 1 atom stereocenters. The number of carboxylic acids is 1. The third-order valence-corrected chi connectivity index (χ3v) is 2.94. The lowest BCUT2D eigenvalue weighted by atomic mass is 9.89. The lowest BCUT2D eigenvalue weighted by molar-refractivity contribution is -0.385. The van der Waals surface area contributed by atoms with Crippen molar-refractivity contribution in [2.24, 2.45) is 5.92 Å². The summed E-state index contributed by atoms with van der Waals surface area (Å²) in [5, 5.41) is 19.8. The highest BCUT2D eigenvalue weighted by Gasteiger charge is 2.30. The van der Waals surface area contributed by atoms with Crippen molar-refractivity contribution in [1.29, 1.82) is 0 Å². The van der Waals surface area contributed by atoms with E-state index in [1.165, 1.54) is 0 Å². The molecule has 0 aromatic heterocycles. The summed E-state index contributed by atoms with van der Waals surface area (Å²) < 4.78 is 13.3. The van der Waals surface area contributed by atoms with Gasteiger partial charge in [0.25, 0.3) is 5.69 Å². The lowest BCUT2D eigenvalue weighted by Gasteiger charge is -2.15. The van der Waals surface area contributed by atoms with Crippen molar-refractivity contribution >= 4 is 23.3 Å². The molecule has 0 radical (unpaired) electrons. The van der Waals surface area contributed by atoms with Crippen LogP contribution in [0.25, 0.3) is 0 Å². The number of hydrogen-bond acceptors (Lipinski definition) is 3. The second-order valence-corrected chi connectivity index (χ2v) is 5.01. The molecule has 1 aromatic carbocycles. The molecule has 1 rings (SSSR count). The number of hydrogen-bond donors (Lipinski definition) is 1. The summed E-state index contributed by atoms with van der Waals surface area (Å²) >= 11 is 5.59. The number of aliphatic carboxylic acids is 1. The fourth-order valence-corrected chi connectivity index (χ4v) is 1.99. The summed E-state index contributed by atoms with van der Waals surface area (Å²) in [6, 6.07) is 1.68. The molecule has 1 aromatic rings. The van der Waals surface area contributed by atoms with E-state index in [9.17, 15) is 24.4 Å². The van der Waals surface area contributed by atoms with Gasteiger partial charge in [-0.15, -0.1) is 0 Å². The van der Waals surface area contributed by atoms with Crippen LogP contribution in [0.4, 0.5) is 10.1 Å². The fourth-order valence-electron chi connectivity index (χ4n) is 1.82. The molecule has 5 nitrogen and oxygen atoms in total. The zero-order valence-electron chi connectivity index (χ0n) is 10.4. The summed E-state index contributed by atoms with van der Waals surface area (Å²) in [4.78, 5) is 21.3. The Bertz CT molecular complexity index is 519. The maximum absolute atomic E-state index is 13.3. The molecule has 19 heavy (non-hydrogen) atoms. The predicted molar refractivity (Wildman–Crippen MR) is 67.9 cm³/mol. The number of carbonyl (C=O) groups is 1. The molecule has 0 amide bonds. The van der Waals surface area contributed by atoms with E-state index in [0.29, 0.717) is 6.07 Å².